The number of aromatic hydroxyl groups is 1. The predicted octanol–water partition coefficient (Wildman–Crippen LogP) is 6.89. The molecule has 0 spiro atoms. The molecular formula is C36H35N5O4S2. The van der Waals surface area contributed by atoms with Gasteiger partial charge in [0.2, 0.25) is 0 Å². The molecule has 0 radical (unpaired) electrons. The van der Waals surface area contributed by atoms with E-state index in [1.54, 1.807) is 49.5 Å². The van der Waals surface area contributed by atoms with Gasteiger partial charge in [0.15, 0.2) is 0 Å². The summed E-state index contributed by atoms with van der Waals surface area (Å²) in [6.45, 7) is 8.76. The van der Waals surface area contributed by atoms with E-state index >= 15 is 0 Å². The quantitative estimate of drug-likeness (QED) is 0.0953. The van der Waals surface area contributed by atoms with E-state index in [0.717, 1.165) is 33.0 Å². The largest absolute Gasteiger partial charge is 0.506 e. The van der Waals surface area contributed by atoms with Crippen LogP contribution in [-0.4, -0.2) is 33.5 Å². The van der Waals surface area contributed by atoms with Crippen molar-refractivity contribution in [2.75, 3.05) is 0 Å². The molecule has 0 aliphatic carbocycles. The van der Waals surface area contributed by atoms with Gasteiger partial charge in [-0.3, -0.25) is 19.4 Å². The second-order valence-electron chi connectivity index (χ2n) is 11.8. The maximum Gasteiger partial charge on any atom is 0.281 e. The zero-order valence-electron chi connectivity index (χ0n) is 26.5. The zero-order valence-corrected chi connectivity index (χ0v) is 28.1. The molecule has 4 N–H and O–H groups in total. The van der Waals surface area contributed by atoms with E-state index in [1.807, 2.05) is 35.7 Å². The second-order valence-corrected chi connectivity index (χ2v) is 13.8. The fourth-order valence-electron chi connectivity index (χ4n) is 4.59. The normalized spacial score (nSPS) is 11.6. The fourth-order valence-corrected chi connectivity index (χ4v) is 6.41. The first-order chi connectivity index (χ1) is 22.5. The highest BCUT2D eigenvalue weighted by atomic mass is 32.1. The van der Waals surface area contributed by atoms with Gasteiger partial charge in [0.05, 0.1) is 38.1 Å². The number of thiophene rings is 2. The van der Waals surface area contributed by atoms with Crippen LogP contribution >= 0.6 is 22.7 Å². The van der Waals surface area contributed by atoms with Gasteiger partial charge in [-0.1, -0.05) is 63.2 Å². The molecule has 0 aliphatic rings. The van der Waals surface area contributed by atoms with Gasteiger partial charge in [-0.15, -0.1) is 22.7 Å². The van der Waals surface area contributed by atoms with Crippen LogP contribution in [0.5, 0.6) is 5.75 Å². The van der Waals surface area contributed by atoms with Crippen LogP contribution in [0.25, 0.3) is 10.4 Å². The van der Waals surface area contributed by atoms with E-state index in [2.05, 4.69) is 59.0 Å². The number of hydrogen-bond donors (Lipinski definition) is 4. The van der Waals surface area contributed by atoms with Crippen LogP contribution in [0.1, 0.15) is 79.8 Å². The molecule has 0 atom stereocenters. The van der Waals surface area contributed by atoms with Crippen LogP contribution < -0.4 is 16.1 Å². The second kappa shape index (κ2) is 14.5. The Labute approximate surface area is 281 Å². The lowest BCUT2D eigenvalue weighted by Crippen LogP contribution is -2.24. The molecule has 3 amide bonds. The van der Waals surface area contributed by atoms with Gasteiger partial charge in [0.1, 0.15) is 5.75 Å². The van der Waals surface area contributed by atoms with Crippen molar-refractivity contribution >= 4 is 46.1 Å². The van der Waals surface area contributed by atoms with Gasteiger partial charge < -0.3 is 15.7 Å². The molecule has 0 aliphatic heterocycles. The van der Waals surface area contributed by atoms with Crippen molar-refractivity contribution in [1.29, 1.82) is 0 Å². The Kier molecular flexibility index (Phi) is 10.3. The van der Waals surface area contributed by atoms with Crippen LogP contribution in [0.3, 0.4) is 0 Å². The highest BCUT2D eigenvalue weighted by molar-refractivity contribution is 7.16. The van der Waals surface area contributed by atoms with Gasteiger partial charge in [0, 0.05) is 23.7 Å². The molecule has 11 heteroatoms. The third-order valence-electron chi connectivity index (χ3n) is 7.37. The lowest BCUT2D eigenvalue weighted by Gasteiger charge is -2.19. The Morgan fingerprint density at radius 1 is 0.830 bits per heavy atom. The van der Waals surface area contributed by atoms with Crippen molar-refractivity contribution in [1.82, 2.24) is 21.0 Å². The Hall–Kier alpha value is -5.13. The van der Waals surface area contributed by atoms with E-state index in [9.17, 15) is 19.5 Å². The van der Waals surface area contributed by atoms with Gasteiger partial charge >= 0.3 is 0 Å². The minimum Gasteiger partial charge on any atom is -0.506 e. The molecule has 5 rings (SSSR count). The van der Waals surface area contributed by atoms with Crippen LogP contribution in [0.4, 0.5) is 0 Å². The number of amides is 3. The first-order valence-corrected chi connectivity index (χ1v) is 16.6. The summed E-state index contributed by atoms with van der Waals surface area (Å²) < 4.78 is 0. The summed E-state index contributed by atoms with van der Waals surface area (Å²) in [5.74, 6) is -0.883. The first kappa shape index (κ1) is 33.2. The molecule has 0 bridgehead atoms. The zero-order chi connectivity index (χ0) is 33.6. The number of benzene rings is 2. The number of pyridine rings is 1. The summed E-state index contributed by atoms with van der Waals surface area (Å²) in [6, 6.07) is 23.8. The summed E-state index contributed by atoms with van der Waals surface area (Å²) in [4.78, 5) is 43.6. The monoisotopic (exact) mass is 665 g/mol. The van der Waals surface area contributed by atoms with Crippen LogP contribution in [0.15, 0.2) is 95.5 Å². The Morgan fingerprint density at radius 3 is 2.17 bits per heavy atom. The van der Waals surface area contributed by atoms with E-state index in [-0.39, 0.29) is 29.5 Å². The number of nitrogens with one attached hydrogen (secondary N) is 3. The summed E-state index contributed by atoms with van der Waals surface area (Å²) >= 11 is 2.46. The number of carbonyl (C=O) groups excluding carboxylic acids is 3. The van der Waals surface area contributed by atoms with Crippen molar-refractivity contribution in [3.05, 3.63) is 128 Å². The van der Waals surface area contributed by atoms with Crippen molar-refractivity contribution in [2.24, 2.45) is 5.10 Å². The topological polar surface area (TPSA) is 133 Å². The van der Waals surface area contributed by atoms with Crippen LogP contribution in [-0.2, 0) is 18.5 Å². The van der Waals surface area contributed by atoms with E-state index in [0.29, 0.717) is 33.1 Å². The number of hydrazone groups is 1. The number of aromatic nitrogens is 1. The number of nitrogens with zero attached hydrogens (tertiary/aromatic N) is 2. The Bertz CT molecular complexity index is 1910. The van der Waals surface area contributed by atoms with Gasteiger partial charge in [-0.25, -0.2) is 5.43 Å². The van der Waals surface area contributed by atoms with Gasteiger partial charge in [0.25, 0.3) is 17.7 Å². The van der Waals surface area contributed by atoms with Crippen molar-refractivity contribution in [3.63, 3.8) is 0 Å². The van der Waals surface area contributed by atoms with E-state index < -0.39 is 5.91 Å². The minimum atomic E-state index is -0.460. The average molecular weight is 666 g/mol. The van der Waals surface area contributed by atoms with Crippen LogP contribution in [0, 0.1) is 0 Å². The van der Waals surface area contributed by atoms with E-state index in [1.165, 1.54) is 16.9 Å². The van der Waals surface area contributed by atoms with Crippen LogP contribution in [0.2, 0.25) is 0 Å². The summed E-state index contributed by atoms with van der Waals surface area (Å²) in [5.41, 5.74) is 7.75. The number of rotatable bonds is 10. The molecule has 240 valence electrons. The first-order valence-electron chi connectivity index (χ1n) is 14.9. The van der Waals surface area contributed by atoms with E-state index in [4.69, 9.17) is 0 Å². The number of carbonyl (C=O) groups is 3. The maximum absolute atomic E-state index is 12.8. The molecule has 0 fully saturated rings. The minimum absolute atomic E-state index is 0.0340. The molecule has 47 heavy (non-hydrogen) atoms. The molecule has 0 saturated heterocycles. The molecule has 5 aromatic rings. The molecule has 2 aromatic carbocycles. The predicted molar refractivity (Wildman–Crippen MR) is 187 cm³/mol. The Balaban J connectivity index is 1.12. The average Bonchev–Trinajstić information content (AvgIpc) is 3.73. The summed E-state index contributed by atoms with van der Waals surface area (Å²) in [7, 11) is 0. The standard InChI is InChI=1S/C36H35N5O4S2/c1-22(28-21-46-32(31(28)42)24-12-14-26(15-13-24)36(2,3)4)40-41-35(45)30-17-16-29(47-30)34(44)38-19-23-8-10-25(11-9-23)33(43)39-20-27-7-5-6-18-37-27/h5-18,21,42H,19-20H2,1-4H3,(H,38,44)(H,39,43)(H,41,45)/b40-22+. The summed E-state index contributed by atoms with van der Waals surface area (Å²) in [6.07, 6.45) is 1.68. The van der Waals surface area contributed by atoms with Crippen molar-refractivity contribution in [2.45, 2.75) is 46.2 Å². The molecular weight excluding hydrogens is 631 g/mol. The van der Waals surface area contributed by atoms with Crippen molar-refractivity contribution in [3.8, 4) is 16.2 Å². The maximum atomic E-state index is 12.8. The third kappa shape index (κ3) is 8.37. The molecule has 0 unspecified atom stereocenters. The van der Waals surface area contributed by atoms with Gasteiger partial charge in [-0.2, -0.15) is 5.10 Å². The highest BCUT2D eigenvalue weighted by Crippen LogP contribution is 2.39. The lowest BCUT2D eigenvalue weighted by molar-refractivity contribution is 0.0942. The molecule has 9 nitrogen and oxygen atoms in total. The fraction of sp³-hybridized carbons (Fsp3) is 0.194. The SMILES string of the molecule is C/C(=N\NC(=O)c1ccc(C(=O)NCc2ccc(C(=O)NCc3ccccn3)cc2)s1)c1csc(-c2ccc(C(C)(C)C)cc2)c1O. The third-order valence-corrected chi connectivity index (χ3v) is 9.47. The molecule has 0 saturated carbocycles. The van der Waals surface area contributed by atoms with Crippen molar-refractivity contribution < 1.29 is 19.5 Å². The summed E-state index contributed by atoms with van der Waals surface area (Å²) in [5, 5.41) is 22.6. The van der Waals surface area contributed by atoms with Gasteiger partial charge in [-0.05, 0) is 65.4 Å². The number of hydrogen-bond acceptors (Lipinski definition) is 8. The lowest BCUT2D eigenvalue weighted by atomic mass is 9.86. The molecule has 3 heterocycles. The Morgan fingerprint density at radius 2 is 1.51 bits per heavy atom. The highest BCUT2D eigenvalue weighted by Gasteiger charge is 2.18. The smallest absolute Gasteiger partial charge is 0.281 e. The molecule has 3 aromatic heterocycles.